The third-order valence-corrected chi connectivity index (χ3v) is 9.84. The lowest BCUT2D eigenvalue weighted by molar-refractivity contribution is -0.119. The Morgan fingerprint density at radius 1 is 1.32 bits per heavy atom. The van der Waals surface area contributed by atoms with E-state index in [0.717, 1.165) is 73.7 Å². The first-order valence-corrected chi connectivity index (χ1v) is 14.1. The average Bonchev–Trinajstić information content (AvgIpc) is 3.49. The number of aromatic nitrogens is 2. The Morgan fingerprint density at radius 2 is 2.19 bits per heavy atom. The molecule has 2 fully saturated rings. The summed E-state index contributed by atoms with van der Waals surface area (Å²) >= 11 is 5.13. The fourth-order valence-electron chi connectivity index (χ4n) is 4.80. The molecule has 5 rings (SSSR count). The van der Waals surface area contributed by atoms with Crippen LogP contribution in [-0.4, -0.2) is 76.4 Å². The maximum atomic E-state index is 12.6. The highest BCUT2D eigenvalue weighted by atomic mass is 32.2. The third kappa shape index (κ3) is 4.55. The van der Waals surface area contributed by atoms with Crippen molar-refractivity contribution in [1.82, 2.24) is 20.2 Å². The molecule has 0 aromatic carbocycles. The van der Waals surface area contributed by atoms with Crippen LogP contribution in [0.15, 0.2) is 4.79 Å². The molecule has 7 nitrogen and oxygen atoms in total. The maximum Gasteiger partial charge on any atom is 0.259 e. The van der Waals surface area contributed by atoms with Gasteiger partial charge >= 0.3 is 0 Å². The van der Waals surface area contributed by atoms with E-state index in [1.807, 2.05) is 11.8 Å². The highest BCUT2D eigenvalue weighted by Crippen LogP contribution is 2.35. The second-order valence-electron chi connectivity index (χ2n) is 8.45. The standard InChI is InChI=1S/C21H28N4O3S3/c26-17(22-12-21(4-9-29-13-21)25-5-7-28-8-6-25)11-30-10-16-23-19(27)18-14-2-1-3-15(14)31-20(18)24-16/h1-13H2,(H,22,26)(H,23,24,27). The number of nitrogens with zero attached hydrogens (tertiary/aromatic N) is 2. The predicted molar refractivity (Wildman–Crippen MR) is 129 cm³/mol. The predicted octanol–water partition coefficient (Wildman–Crippen LogP) is 2.03. The molecule has 0 bridgehead atoms. The zero-order chi connectivity index (χ0) is 21.3. The number of amides is 1. The number of thiophene rings is 1. The van der Waals surface area contributed by atoms with Crippen LogP contribution in [0.25, 0.3) is 10.2 Å². The van der Waals surface area contributed by atoms with Crippen molar-refractivity contribution in [2.24, 2.45) is 0 Å². The van der Waals surface area contributed by atoms with Gasteiger partial charge in [0.1, 0.15) is 10.7 Å². The molecule has 10 heteroatoms. The normalized spacial score (nSPS) is 24.0. The van der Waals surface area contributed by atoms with E-state index in [1.54, 1.807) is 11.3 Å². The monoisotopic (exact) mass is 480 g/mol. The van der Waals surface area contributed by atoms with Crippen LogP contribution in [0, 0.1) is 0 Å². The SMILES string of the molecule is O=C(CSCc1nc2sc3c(c2c(=O)[nH]1)CCC3)NCC1(N2CCOCC2)CCSC1. The quantitative estimate of drug-likeness (QED) is 0.627. The second kappa shape index (κ2) is 9.43. The first-order valence-electron chi connectivity index (χ1n) is 10.9. The number of aromatic amines is 1. The van der Waals surface area contributed by atoms with Gasteiger partial charge < -0.3 is 15.0 Å². The lowest BCUT2D eigenvalue weighted by Crippen LogP contribution is -2.59. The number of aryl methyl sites for hydroxylation is 2. The number of carbonyl (C=O) groups excluding carboxylic acids is 1. The Kier molecular flexibility index (Phi) is 6.62. The minimum Gasteiger partial charge on any atom is -0.379 e. The zero-order valence-corrected chi connectivity index (χ0v) is 20.0. The molecule has 2 aromatic rings. The molecule has 2 aromatic heterocycles. The summed E-state index contributed by atoms with van der Waals surface area (Å²) in [6.45, 7) is 4.14. The summed E-state index contributed by atoms with van der Waals surface area (Å²) in [4.78, 5) is 37.3. The summed E-state index contributed by atoms with van der Waals surface area (Å²) in [7, 11) is 0. The smallest absolute Gasteiger partial charge is 0.259 e. The Bertz CT molecular complexity index is 1010. The molecule has 31 heavy (non-hydrogen) atoms. The van der Waals surface area contributed by atoms with Gasteiger partial charge in [-0.1, -0.05) is 0 Å². The van der Waals surface area contributed by atoms with E-state index in [9.17, 15) is 9.59 Å². The molecule has 0 saturated carbocycles. The number of nitrogens with one attached hydrogen (secondary N) is 2. The molecule has 2 saturated heterocycles. The average molecular weight is 481 g/mol. The van der Waals surface area contributed by atoms with Crippen molar-refractivity contribution in [3.8, 4) is 0 Å². The van der Waals surface area contributed by atoms with Gasteiger partial charge in [0.15, 0.2) is 0 Å². The summed E-state index contributed by atoms with van der Waals surface area (Å²) in [5.41, 5.74) is 1.23. The van der Waals surface area contributed by atoms with Crippen molar-refractivity contribution in [2.75, 3.05) is 50.1 Å². The van der Waals surface area contributed by atoms with Crippen LogP contribution in [-0.2, 0) is 28.1 Å². The number of fused-ring (bicyclic) bond motifs is 3. The van der Waals surface area contributed by atoms with Gasteiger partial charge in [0.25, 0.3) is 5.56 Å². The molecule has 0 radical (unpaired) electrons. The Balaban J connectivity index is 1.14. The number of carbonyl (C=O) groups is 1. The van der Waals surface area contributed by atoms with E-state index in [0.29, 0.717) is 23.9 Å². The van der Waals surface area contributed by atoms with Crippen molar-refractivity contribution in [3.05, 3.63) is 26.6 Å². The van der Waals surface area contributed by atoms with Crippen LogP contribution < -0.4 is 10.9 Å². The summed E-state index contributed by atoms with van der Waals surface area (Å²) in [6.07, 6.45) is 4.29. The van der Waals surface area contributed by atoms with Crippen LogP contribution in [0.5, 0.6) is 0 Å². The van der Waals surface area contributed by atoms with Crippen molar-refractivity contribution >= 4 is 51.0 Å². The molecule has 1 unspecified atom stereocenters. The summed E-state index contributed by atoms with van der Waals surface area (Å²) in [5.74, 6) is 3.83. The van der Waals surface area contributed by atoms with Gasteiger partial charge in [-0.15, -0.1) is 23.1 Å². The van der Waals surface area contributed by atoms with E-state index in [1.165, 1.54) is 22.2 Å². The lowest BCUT2D eigenvalue weighted by atomic mass is 9.95. The second-order valence-corrected chi connectivity index (χ2v) is 11.6. The number of morpholine rings is 1. The minimum absolute atomic E-state index is 0.0318. The van der Waals surface area contributed by atoms with Gasteiger partial charge in [0.05, 0.1) is 30.1 Å². The number of hydrogen-bond donors (Lipinski definition) is 2. The van der Waals surface area contributed by atoms with Gasteiger partial charge in [-0.25, -0.2) is 4.98 Å². The molecule has 1 atom stereocenters. The molecule has 0 spiro atoms. The number of thioether (sulfide) groups is 2. The topological polar surface area (TPSA) is 87.3 Å². The molecule has 2 aliphatic heterocycles. The molecule has 168 valence electrons. The van der Waals surface area contributed by atoms with Crippen LogP contribution in [0.3, 0.4) is 0 Å². The first kappa shape index (κ1) is 21.8. The molecule has 1 aliphatic carbocycles. The van der Waals surface area contributed by atoms with Gasteiger partial charge in [0.2, 0.25) is 5.91 Å². The minimum atomic E-state index is -0.0318. The molecule has 2 N–H and O–H groups in total. The van der Waals surface area contributed by atoms with Crippen molar-refractivity contribution < 1.29 is 9.53 Å². The first-order chi connectivity index (χ1) is 15.1. The Morgan fingerprint density at radius 3 is 3.00 bits per heavy atom. The molecule has 3 aliphatic rings. The molecular formula is C21H28N4O3S3. The largest absolute Gasteiger partial charge is 0.379 e. The fourth-order valence-corrected chi connectivity index (χ4v) is 8.28. The van der Waals surface area contributed by atoms with E-state index in [2.05, 4.69) is 20.2 Å². The maximum absolute atomic E-state index is 12.6. The van der Waals surface area contributed by atoms with E-state index in [-0.39, 0.29) is 17.0 Å². The highest BCUT2D eigenvalue weighted by molar-refractivity contribution is 7.99. The van der Waals surface area contributed by atoms with Gasteiger partial charge in [0, 0.05) is 35.8 Å². The number of H-pyrrole nitrogens is 1. The number of ether oxygens (including phenoxy) is 1. The molecular weight excluding hydrogens is 452 g/mol. The van der Waals surface area contributed by atoms with E-state index >= 15 is 0 Å². The third-order valence-electron chi connectivity index (χ3n) is 6.48. The summed E-state index contributed by atoms with van der Waals surface area (Å²) < 4.78 is 5.51. The van der Waals surface area contributed by atoms with Crippen LogP contribution in [0.1, 0.15) is 29.1 Å². The lowest BCUT2D eigenvalue weighted by Gasteiger charge is -2.43. The van der Waals surface area contributed by atoms with Gasteiger partial charge in [-0.3, -0.25) is 14.5 Å². The summed E-state index contributed by atoms with van der Waals surface area (Å²) in [5, 5.41) is 3.95. The van der Waals surface area contributed by atoms with Crippen molar-refractivity contribution in [1.29, 1.82) is 0 Å². The van der Waals surface area contributed by atoms with Crippen LogP contribution in [0.4, 0.5) is 0 Å². The van der Waals surface area contributed by atoms with Gasteiger partial charge in [-0.2, -0.15) is 11.8 Å². The summed E-state index contributed by atoms with van der Waals surface area (Å²) in [6, 6.07) is 0. The van der Waals surface area contributed by atoms with E-state index in [4.69, 9.17) is 4.74 Å². The molecule has 1 amide bonds. The van der Waals surface area contributed by atoms with Crippen molar-refractivity contribution in [3.63, 3.8) is 0 Å². The van der Waals surface area contributed by atoms with Crippen LogP contribution >= 0.6 is 34.9 Å². The number of hydrogen-bond acceptors (Lipinski definition) is 8. The highest BCUT2D eigenvalue weighted by Gasteiger charge is 2.40. The van der Waals surface area contributed by atoms with Crippen LogP contribution in [0.2, 0.25) is 0 Å². The fraction of sp³-hybridized carbons (Fsp3) is 0.667. The number of rotatable bonds is 7. The zero-order valence-electron chi connectivity index (χ0n) is 17.5. The van der Waals surface area contributed by atoms with Gasteiger partial charge in [-0.05, 0) is 37.0 Å². The Hall–Kier alpha value is -1.07. The van der Waals surface area contributed by atoms with Crippen molar-refractivity contribution in [2.45, 2.75) is 37.0 Å². The van der Waals surface area contributed by atoms with E-state index < -0.39 is 0 Å². The molecule has 4 heterocycles. The Labute approximate surface area is 194 Å².